The third-order valence-corrected chi connectivity index (χ3v) is 3.86. The highest BCUT2D eigenvalue weighted by Crippen LogP contribution is 2.31. The van der Waals surface area contributed by atoms with Gasteiger partial charge < -0.3 is 10.1 Å². The predicted octanol–water partition coefficient (Wildman–Crippen LogP) is 3.63. The van der Waals surface area contributed by atoms with E-state index < -0.39 is 0 Å². The number of carbonyl (C=O) groups excluding carboxylic acids is 1. The number of aryl methyl sites for hydroxylation is 1. The van der Waals surface area contributed by atoms with Crippen LogP contribution in [-0.2, 0) is 9.53 Å². The lowest BCUT2D eigenvalue weighted by Gasteiger charge is -2.20. The van der Waals surface area contributed by atoms with Crippen LogP contribution < -0.4 is 5.32 Å². The molecule has 3 nitrogen and oxygen atoms in total. The Labute approximate surface area is 127 Å². The van der Waals surface area contributed by atoms with Gasteiger partial charge in [0.15, 0.2) is 0 Å². The fraction of sp³-hybridized carbons (Fsp3) is 0.389. The number of esters is 1. The Balaban J connectivity index is 3.46. The second kappa shape index (κ2) is 7.67. The Morgan fingerprint density at radius 2 is 2.00 bits per heavy atom. The molecule has 0 saturated carbocycles. The van der Waals surface area contributed by atoms with Crippen molar-refractivity contribution in [2.24, 2.45) is 0 Å². The Morgan fingerprint density at radius 3 is 2.52 bits per heavy atom. The molecule has 0 aromatic heterocycles. The lowest BCUT2D eigenvalue weighted by molar-refractivity contribution is -0.136. The monoisotopic (exact) mass is 287 g/mol. The first-order chi connectivity index (χ1) is 9.96. The fourth-order valence-electron chi connectivity index (χ4n) is 2.33. The summed E-state index contributed by atoms with van der Waals surface area (Å²) < 4.78 is 4.93. The molecule has 1 atom stereocenters. The zero-order chi connectivity index (χ0) is 16.0. The van der Waals surface area contributed by atoms with Crippen LogP contribution in [0.3, 0.4) is 0 Å². The number of methoxy groups -OCH3 is 1. The quantitative estimate of drug-likeness (QED) is 0.664. The largest absolute Gasteiger partial charge is 0.466 e. The third kappa shape index (κ3) is 3.97. The maximum atomic E-state index is 12.1. The van der Waals surface area contributed by atoms with Gasteiger partial charge in [-0.05, 0) is 44.4 Å². The van der Waals surface area contributed by atoms with Crippen molar-refractivity contribution >= 4 is 5.97 Å². The molecule has 3 heteroatoms. The van der Waals surface area contributed by atoms with Gasteiger partial charge >= 0.3 is 5.97 Å². The number of ether oxygens (including phenoxy) is 1. The van der Waals surface area contributed by atoms with E-state index in [0.717, 1.165) is 11.3 Å². The van der Waals surface area contributed by atoms with Crippen molar-refractivity contribution in [1.82, 2.24) is 5.32 Å². The van der Waals surface area contributed by atoms with Gasteiger partial charge in [0.2, 0.25) is 0 Å². The van der Waals surface area contributed by atoms with Gasteiger partial charge in [0.05, 0.1) is 7.11 Å². The molecular formula is C18H25NO2. The zero-order valence-electron chi connectivity index (χ0n) is 13.8. The van der Waals surface area contributed by atoms with E-state index >= 15 is 0 Å². The predicted molar refractivity (Wildman–Crippen MR) is 87.2 cm³/mol. The normalized spacial score (nSPS) is 13.8. The molecule has 0 spiro atoms. The Hall–Kier alpha value is -2.03. The number of benzene rings is 1. The molecule has 114 valence electrons. The van der Waals surface area contributed by atoms with E-state index in [1.165, 1.54) is 18.2 Å². The van der Waals surface area contributed by atoms with E-state index in [1.54, 1.807) is 0 Å². The minimum Gasteiger partial charge on any atom is -0.466 e. The molecule has 0 aliphatic rings. The van der Waals surface area contributed by atoms with Crippen molar-refractivity contribution < 1.29 is 9.53 Å². The number of hydrogen-bond donors (Lipinski definition) is 1. The minimum atomic E-state index is -0.288. The van der Waals surface area contributed by atoms with E-state index in [-0.39, 0.29) is 11.9 Å². The highest BCUT2D eigenvalue weighted by Gasteiger charge is 2.22. The first-order valence-electron chi connectivity index (χ1n) is 7.13. The number of nitrogens with one attached hydrogen (secondary N) is 1. The summed E-state index contributed by atoms with van der Waals surface area (Å²) in [5.41, 5.74) is 5.22. The highest BCUT2D eigenvalue weighted by atomic mass is 16.5. The Bertz CT molecular complexity index is 571. The first-order valence-corrected chi connectivity index (χ1v) is 7.13. The van der Waals surface area contributed by atoms with Crippen molar-refractivity contribution in [3.8, 4) is 0 Å². The second-order valence-electron chi connectivity index (χ2n) is 5.10. The van der Waals surface area contributed by atoms with Gasteiger partial charge in [-0.2, -0.15) is 0 Å². The maximum Gasteiger partial charge on any atom is 0.334 e. The summed E-state index contributed by atoms with van der Waals surface area (Å²) in [6, 6.07) is 6.18. The molecule has 0 amide bonds. The molecule has 1 N–H and O–H groups in total. The topological polar surface area (TPSA) is 38.3 Å². The van der Waals surface area contributed by atoms with Crippen LogP contribution in [0.15, 0.2) is 41.6 Å². The van der Waals surface area contributed by atoms with Gasteiger partial charge in [0.1, 0.15) is 0 Å². The third-order valence-electron chi connectivity index (χ3n) is 3.86. The van der Waals surface area contributed by atoms with Gasteiger partial charge in [-0.15, -0.1) is 0 Å². The van der Waals surface area contributed by atoms with Crippen LogP contribution in [0.2, 0.25) is 0 Å². The van der Waals surface area contributed by atoms with Crippen LogP contribution in [-0.4, -0.2) is 20.1 Å². The van der Waals surface area contributed by atoms with Gasteiger partial charge in [-0.25, -0.2) is 4.79 Å². The summed E-state index contributed by atoms with van der Waals surface area (Å²) in [7, 11) is 3.29. The van der Waals surface area contributed by atoms with Crippen LogP contribution in [0.5, 0.6) is 0 Å². The molecule has 1 aromatic carbocycles. The number of carbonyl (C=O) groups is 1. The minimum absolute atomic E-state index is 0.116. The van der Waals surface area contributed by atoms with Crippen molar-refractivity contribution in [2.75, 3.05) is 14.2 Å². The molecule has 0 heterocycles. The SMILES string of the molecule is C/C=C(\C(=O)OC)C(/C=C(/C)NC)c1cccc(C)c1C. The van der Waals surface area contributed by atoms with Crippen LogP contribution in [0.4, 0.5) is 0 Å². The average Bonchev–Trinajstić information content (AvgIpc) is 2.49. The molecule has 1 aromatic rings. The molecule has 0 radical (unpaired) electrons. The summed E-state index contributed by atoms with van der Waals surface area (Å²) in [6.07, 6.45) is 3.89. The summed E-state index contributed by atoms with van der Waals surface area (Å²) in [5.74, 6) is -0.404. The molecule has 0 aliphatic carbocycles. The van der Waals surface area contributed by atoms with E-state index in [2.05, 4.69) is 37.4 Å². The smallest absolute Gasteiger partial charge is 0.334 e. The van der Waals surface area contributed by atoms with Crippen molar-refractivity contribution in [3.63, 3.8) is 0 Å². The Kier molecular flexibility index (Phi) is 6.22. The van der Waals surface area contributed by atoms with Crippen LogP contribution >= 0.6 is 0 Å². The number of allylic oxidation sites excluding steroid dienone is 3. The maximum absolute atomic E-state index is 12.1. The lowest BCUT2D eigenvalue weighted by Crippen LogP contribution is -2.15. The second-order valence-corrected chi connectivity index (χ2v) is 5.10. The van der Waals surface area contributed by atoms with E-state index in [1.807, 2.05) is 33.0 Å². The van der Waals surface area contributed by atoms with Gasteiger partial charge in [-0.1, -0.05) is 30.4 Å². The highest BCUT2D eigenvalue weighted by molar-refractivity contribution is 5.90. The molecular weight excluding hydrogens is 262 g/mol. The van der Waals surface area contributed by atoms with Crippen LogP contribution in [0.25, 0.3) is 0 Å². The molecule has 0 fully saturated rings. The summed E-state index contributed by atoms with van der Waals surface area (Å²) in [6.45, 7) is 8.03. The summed E-state index contributed by atoms with van der Waals surface area (Å²) >= 11 is 0. The van der Waals surface area contributed by atoms with Gasteiger partial charge in [-0.3, -0.25) is 0 Å². The van der Waals surface area contributed by atoms with Gasteiger partial charge in [0, 0.05) is 24.2 Å². The summed E-state index contributed by atoms with van der Waals surface area (Å²) in [5, 5.41) is 3.12. The molecule has 1 rings (SSSR count). The van der Waals surface area contributed by atoms with Gasteiger partial charge in [0.25, 0.3) is 0 Å². The number of hydrogen-bond acceptors (Lipinski definition) is 3. The summed E-state index contributed by atoms with van der Waals surface area (Å²) in [4.78, 5) is 12.1. The lowest BCUT2D eigenvalue weighted by atomic mass is 9.85. The van der Waals surface area contributed by atoms with E-state index in [4.69, 9.17) is 4.74 Å². The molecule has 0 aliphatic heterocycles. The average molecular weight is 287 g/mol. The first kappa shape index (κ1) is 17.0. The van der Waals surface area contributed by atoms with Crippen molar-refractivity contribution in [1.29, 1.82) is 0 Å². The Morgan fingerprint density at radius 1 is 1.33 bits per heavy atom. The molecule has 0 saturated heterocycles. The molecule has 0 bridgehead atoms. The van der Waals surface area contributed by atoms with Crippen LogP contribution in [0.1, 0.15) is 36.5 Å². The zero-order valence-corrected chi connectivity index (χ0v) is 13.8. The van der Waals surface area contributed by atoms with E-state index in [9.17, 15) is 4.79 Å². The molecule has 21 heavy (non-hydrogen) atoms. The van der Waals surface area contributed by atoms with E-state index in [0.29, 0.717) is 5.57 Å². The van der Waals surface area contributed by atoms with Crippen molar-refractivity contribution in [2.45, 2.75) is 33.6 Å². The molecule has 1 unspecified atom stereocenters. The fourth-order valence-corrected chi connectivity index (χ4v) is 2.33. The van der Waals surface area contributed by atoms with Crippen LogP contribution in [0, 0.1) is 13.8 Å². The standard InChI is InChI=1S/C18H25NO2/c1-7-15(18(20)21-6)17(11-13(3)19-5)16-10-8-9-12(2)14(16)4/h7-11,17,19H,1-6H3/b13-11-,15-7-. The number of rotatable bonds is 5. The van der Waals surface area contributed by atoms with Crippen molar-refractivity contribution in [3.05, 3.63) is 58.3 Å².